The molecule has 0 spiro atoms. The number of sulfonamides is 1. The molecule has 0 amide bonds. The van der Waals surface area contributed by atoms with Crippen LogP contribution in [-0.2, 0) is 10.0 Å². The van der Waals surface area contributed by atoms with Gasteiger partial charge in [-0.3, -0.25) is 0 Å². The molecular weight excluding hydrogens is 330 g/mol. The highest BCUT2D eigenvalue weighted by atomic mass is 79.9. The highest BCUT2D eigenvalue weighted by Crippen LogP contribution is 2.23. The molecule has 2 heterocycles. The first kappa shape index (κ1) is 14.7. The molecule has 0 radical (unpaired) electrons. The molecule has 0 saturated carbocycles. The molecular formula is C12H18BrN3O2S. The Bertz CT molecular complexity index is 528. The van der Waals surface area contributed by atoms with Gasteiger partial charge < -0.3 is 4.90 Å². The van der Waals surface area contributed by atoms with E-state index in [1.165, 1.54) is 6.26 Å². The monoisotopic (exact) mass is 347 g/mol. The van der Waals surface area contributed by atoms with E-state index in [-0.39, 0.29) is 0 Å². The van der Waals surface area contributed by atoms with Crippen molar-refractivity contribution < 1.29 is 8.42 Å². The Morgan fingerprint density at radius 3 is 2.74 bits per heavy atom. The first-order valence-electron chi connectivity index (χ1n) is 6.25. The number of piperidine rings is 1. The molecule has 1 aliphatic rings. The van der Waals surface area contributed by atoms with Crippen LogP contribution in [0.1, 0.15) is 12.8 Å². The van der Waals surface area contributed by atoms with E-state index in [0.717, 1.165) is 36.2 Å². The second-order valence-corrected chi connectivity index (χ2v) is 7.63. The summed E-state index contributed by atoms with van der Waals surface area (Å²) in [5.41, 5.74) is 0. The standard InChI is InChI=1S/C12H18BrN3O2S/c1-19(17,18)15-9-10-3-6-16(7-4-10)12-8-11(13)2-5-14-12/h2,5,8,10,15H,3-4,6-7,9H2,1H3. The van der Waals surface area contributed by atoms with E-state index in [9.17, 15) is 8.42 Å². The average Bonchev–Trinajstić information content (AvgIpc) is 2.36. The van der Waals surface area contributed by atoms with Crippen molar-refractivity contribution in [1.29, 1.82) is 0 Å². The molecule has 2 rings (SSSR count). The van der Waals surface area contributed by atoms with Crippen molar-refractivity contribution in [3.63, 3.8) is 0 Å². The molecule has 1 N–H and O–H groups in total. The SMILES string of the molecule is CS(=O)(=O)NCC1CCN(c2cc(Br)ccn2)CC1. The predicted molar refractivity (Wildman–Crippen MR) is 79.7 cm³/mol. The molecule has 1 aliphatic heterocycles. The smallest absolute Gasteiger partial charge is 0.208 e. The fourth-order valence-electron chi connectivity index (χ4n) is 2.20. The third kappa shape index (κ3) is 4.74. The molecule has 1 fully saturated rings. The number of pyridine rings is 1. The van der Waals surface area contributed by atoms with Crippen LogP contribution in [-0.4, -0.2) is 39.3 Å². The largest absolute Gasteiger partial charge is 0.357 e. The van der Waals surface area contributed by atoms with Crippen LogP contribution < -0.4 is 9.62 Å². The number of hydrogen-bond donors (Lipinski definition) is 1. The van der Waals surface area contributed by atoms with Crippen LogP contribution in [0.25, 0.3) is 0 Å². The predicted octanol–water partition coefficient (Wildman–Crippen LogP) is 1.61. The zero-order valence-electron chi connectivity index (χ0n) is 10.8. The number of halogens is 1. The van der Waals surface area contributed by atoms with Crippen LogP contribution in [0.2, 0.25) is 0 Å². The Morgan fingerprint density at radius 2 is 2.16 bits per heavy atom. The molecule has 1 saturated heterocycles. The number of nitrogens with one attached hydrogen (secondary N) is 1. The van der Waals surface area contributed by atoms with Crippen LogP contribution >= 0.6 is 15.9 Å². The van der Waals surface area contributed by atoms with Crippen LogP contribution in [0.4, 0.5) is 5.82 Å². The van der Waals surface area contributed by atoms with E-state index in [1.54, 1.807) is 6.20 Å². The van der Waals surface area contributed by atoms with Crippen molar-refractivity contribution in [3.05, 3.63) is 22.8 Å². The molecule has 0 aromatic carbocycles. The molecule has 1 aromatic heterocycles. The van der Waals surface area contributed by atoms with Crippen LogP contribution in [0.3, 0.4) is 0 Å². The summed E-state index contributed by atoms with van der Waals surface area (Å²) in [4.78, 5) is 6.60. The van der Waals surface area contributed by atoms with Gasteiger partial charge in [0.05, 0.1) is 6.26 Å². The Morgan fingerprint density at radius 1 is 1.47 bits per heavy atom. The minimum Gasteiger partial charge on any atom is -0.357 e. The number of hydrogen-bond acceptors (Lipinski definition) is 4. The molecule has 1 aromatic rings. The van der Waals surface area contributed by atoms with Gasteiger partial charge in [-0.2, -0.15) is 0 Å². The summed E-state index contributed by atoms with van der Waals surface area (Å²) in [5, 5.41) is 0. The van der Waals surface area contributed by atoms with E-state index >= 15 is 0 Å². The average molecular weight is 348 g/mol. The first-order valence-corrected chi connectivity index (χ1v) is 8.93. The minimum absolute atomic E-state index is 0.415. The van der Waals surface area contributed by atoms with E-state index in [2.05, 4.69) is 30.5 Å². The zero-order chi connectivity index (χ0) is 13.9. The lowest BCUT2D eigenvalue weighted by molar-refractivity contribution is 0.401. The van der Waals surface area contributed by atoms with E-state index in [1.807, 2.05) is 12.1 Å². The number of anilines is 1. The Kier molecular flexibility index (Phi) is 4.81. The number of rotatable bonds is 4. The molecule has 7 heteroatoms. The van der Waals surface area contributed by atoms with E-state index in [0.29, 0.717) is 12.5 Å². The lowest BCUT2D eigenvalue weighted by atomic mass is 9.97. The van der Waals surface area contributed by atoms with Crippen molar-refractivity contribution in [2.45, 2.75) is 12.8 Å². The molecule has 0 atom stereocenters. The normalized spacial score (nSPS) is 17.7. The summed E-state index contributed by atoms with van der Waals surface area (Å²) < 4.78 is 25.7. The summed E-state index contributed by atoms with van der Waals surface area (Å²) in [6.45, 7) is 2.37. The van der Waals surface area contributed by atoms with Gasteiger partial charge in [0, 0.05) is 30.3 Å². The van der Waals surface area contributed by atoms with Gasteiger partial charge in [-0.15, -0.1) is 0 Å². The summed E-state index contributed by atoms with van der Waals surface area (Å²) in [5.74, 6) is 1.39. The van der Waals surface area contributed by atoms with Crippen LogP contribution in [0, 0.1) is 5.92 Å². The third-order valence-corrected chi connectivity index (χ3v) is 4.46. The van der Waals surface area contributed by atoms with Gasteiger partial charge in [0.15, 0.2) is 0 Å². The topological polar surface area (TPSA) is 62.3 Å². The van der Waals surface area contributed by atoms with Gasteiger partial charge >= 0.3 is 0 Å². The van der Waals surface area contributed by atoms with Gasteiger partial charge in [-0.25, -0.2) is 18.1 Å². The fraction of sp³-hybridized carbons (Fsp3) is 0.583. The van der Waals surface area contributed by atoms with Crippen molar-refractivity contribution in [3.8, 4) is 0 Å². The van der Waals surface area contributed by atoms with Crippen molar-refractivity contribution >= 4 is 31.8 Å². The lowest BCUT2D eigenvalue weighted by Gasteiger charge is -2.32. The van der Waals surface area contributed by atoms with Gasteiger partial charge in [-0.1, -0.05) is 15.9 Å². The Labute approximate surface area is 122 Å². The second-order valence-electron chi connectivity index (χ2n) is 4.88. The van der Waals surface area contributed by atoms with Gasteiger partial charge in [0.2, 0.25) is 10.0 Å². The highest BCUT2D eigenvalue weighted by molar-refractivity contribution is 9.10. The quantitative estimate of drug-likeness (QED) is 0.898. The van der Waals surface area contributed by atoms with Gasteiger partial charge in [0.25, 0.3) is 0 Å². The van der Waals surface area contributed by atoms with Crippen molar-refractivity contribution in [2.24, 2.45) is 5.92 Å². The Balaban J connectivity index is 1.86. The minimum atomic E-state index is -3.08. The summed E-state index contributed by atoms with van der Waals surface area (Å²) in [7, 11) is -3.08. The van der Waals surface area contributed by atoms with E-state index < -0.39 is 10.0 Å². The highest BCUT2D eigenvalue weighted by Gasteiger charge is 2.20. The molecule has 0 aliphatic carbocycles. The zero-order valence-corrected chi connectivity index (χ0v) is 13.2. The summed E-state index contributed by atoms with van der Waals surface area (Å²) in [6, 6.07) is 3.92. The molecule has 5 nitrogen and oxygen atoms in total. The van der Waals surface area contributed by atoms with Crippen molar-refractivity contribution in [2.75, 3.05) is 30.8 Å². The molecule has 0 unspecified atom stereocenters. The third-order valence-electron chi connectivity index (χ3n) is 3.28. The van der Waals surface area contributed by atoms with Crippen LogP contribution in [0.5, 0.6) is 0 Å². The Hall–Kier alpha value is -0.660. The molecule has 19 heavy (non-hydrogen) atoms. The fourth-order valence-corrected chi connectivity index (χ4v) is 3.06. The lowest BCUT2D eigenvalue weighted by Crippen LogP contribution is -2.38. The maximum absolute atomic E-state index is 11.1. The second kappa shape index (κ2) is 6.19. The summed E-state index contributed by atoms with van der Waals surface area (Å²) >= 11 is 3.44. The van der Waals surface area contributed by atoms with Gasteiger partial charge in [0.1, 0.15) is 5.82 Å². The van der Waals surface area contributed by atoms with Crippen molar-refractivity contribution in [1.82, 2.24) is 9.71 Å². The van der Waals surface area contributed by atoms with E-state index in [4.69, 9.17) is 0 Å². The molecule has 0 bridgehead atoms. The number of nitrogens with zero attached hydrogens (tertiary/aromatic N) is 2. The number of aromatic nitrogens is 1. The maximum atomic E-state index is 11.1. The van der Waals surface area contributed by atoms with Gasteiger partial charge in [-0.05, 0) is 30.9 Å². The summed E-state index contributed by atoms with van der Waals surface area (Å²) in [6.07, 6.45) is 4.96. The first-order chi connectivity index (χ1) is 8.94. The maximum Gasteiger partial charge on any atom is 0.208 e. The van der Waals surface area contributed by atoms with Crippen LogP contribution in [0.15, 0.2) is 22.8 Å². The molecule has 106 valence electrons.